The van der Waals surface area contributed by atoms with Crippen molar-refractivity contribution in [2.24, 2.45) is 0 Å². The van der Waals surface area contributed by atoms with E-state index in [1.807, 2.05) is 0 Å². The third kappa shape index (κ3) is 1.73. The van der Waals surface area contributed by atoms with Crippen LogP contribution in [0.2, 0.25) is 0 Å². The number of nitrogens with zero attached hydrogens (tertiary/aromatic N) is 1. The van der Waals surface area contributed by atoms with Crippen LogP contribution in [0.5, 0.6) is 0 Å². The highest BCUT2D eigenvalue weighted by molar-refractivity contribution is 7.88. The Morgan fingerprint density at radius 1 is 1.38 bits per heavy atom. The third-order valence-corrected chi connectivity index (χ3v) is 4.37. The summed E-state index contributed by atoms with van der Waals surface area (Å²) >= 11 is 0. The molecule has 2 fully saturated rings. The zero-order chi connectivity index (χ0) is 9.53. The molecular formula is C8H16N2O2S. The summed E-state index contributed by atoms with van der Waals surface area (Å²) in [5, 5.41) is 3.43. The third-order valence-electron chi connectivity index (χ3n) is 3.12. The lowest BCUT2D eigenvalue weighted by atomic mass is 9.76. The Bertz CT molecular complexity index is 295. The maximum Gasteiger partial charge on any atom is 0.211 e. The molecule has 1 saturated carbocycles. The van der Waals surface area contributed by atoms with E-state index < -0.39 is 10.0 Å². The predicted octanol–water partition coefficient (Wildman–Crippen LogP) is -0.226. The van der Waals surface area contributed by atoms with Crippen LogP contribution in [0.4, 0.5) is 0 Å². The second-order valence-corrected chi connectivity index (χ2v) is 6.14. The SMILES string of the molecule is CS(=O)(=O)N1CCNC2(CCC2)C1. The summed E-state index contributed by atoms with van der Waals surface area (Å²) in [5.74, 6) is 0. The van der Waals surface area contributed by atoms with Gasteiger partial charge in [0.15, 0.2) is 0 Å². The molecule has 1 aliphatic heterocycles. The highest BCUT2D eigenvalue weighted by Crippen LogP contribution is 2.34. The lowest BCUT2D eigenvalue weighted by Crippen LogP contribution is -2.64. The van der Waals surface area contributed by atoms with E-state index in [4.69, 9.17) is 0 Å². The van der Waals surface area contributed by atoms with Crippen molar-refractivity contribution in [2.45, 2.75) is 24.8 Å². The molecule has 76 valence electrons. The molecule has 0 aromatic carbocycles. The number of hydrogen-bond acceptors (Lipinski definition) is 3. The summed E-state index contributed by atoms with van der Waals surface area (Å²) in [6, 6.07) is 0. The lowest BCUT2D eigenvalue weighted by molar-refractivity contribution is 0.115. The molecule has 4 nitrogen and oxygen atoms in total. The fourth-order valence-electron chi connectivity index (χ4n) is 2.14. The van der Waals surface area contributed by atoms with Crippen molar-refractivity contribution < 1.29 is 8.42 Å². The zero-order valence-electron chi connectivity index (χ0n) is 7.91. The molecule has 1 heterocycles. The van der Waals surface area contributed by atoms with E-state index in [1.54, 1.807) is 4.31 Å². The van der Waals surface area contributed by atoms with E-state index in [0.717, 1.165) is 19.4 Å². The highest BCUT2D eigenvalue weighted by Gasteiger charge is 2.42. The molecule has 1 spiro atoms. The van der Waals surface area contributed by atoms with Gasteiger partial charge in [-0.3, -0.25) is 0 Å². The van der Waals surface area contributed by atoms with Gasteiger partial charge in [0.25, 0.3) is 0 Å². The van der Waals surface area contributed by atoms with E-state index in [1.165, 1.54) is 12.7 Å². The van der Waals surface area contributed by atoms with Crippen LogP contribution in [0.15, 0.2) is 0 Å². The fraction of sp³-hybridized carbons (Fsp3) is 1.00. The molecule has 1 saturated heterocycles. The van der Waals surface area contributed by atoms with Crippen molar-refractivity contribution in [1.29, 1.82) is 0 Å². The summed E-state index contributed by atoms with van der Waals surface area (Å²) in [6.45, 7) is 2.10. The summed E-state index contributed by atoms with van der Waals surface area (Å²) in [4.78, 5) is 0. The van der Waals surface area contributed by atoms with Gasteiger partial charge in [0.1, 0.15) is 0 Å². The van der Waals surface area contributed by atoms with Crippen molar-refractivity contribution >= 4 is 10.0 Å². The molecule has 5 heteroatoms. The predicted molar refractivity (Wildman–Crippen MR) is 51.0 cm³/mol. The van der Waals surface area contributed by atoms with Gasteiger partial charge in [-0.25, -0.2) is 8.42 Å². The molecule has 13 heavy (non-hydrogen) atoms. The molecule has 0 unspecified atom stereocenters. The molecule has 1 aliphatic carbocycles. The quantitative estimate of drug-likeness (QED) is 0.642. The fourth-order valence-corrected chi connectivity index (χ4v) is 3.04. The van der Waals surface area contributed by atoms with Gasteiger partial charge in [0.05, 0.1) is 6.26 Å². The maximum atomic E-state index is 11.3. The molecule has 0 bridgehead atoms. The number of rotatable bonds is 1. The van der Waals surface area contributed by atoms with E-state index in [2.05, 4.69) is 5.32 Å². The monoisotopic (exact) mass is 204 g/mol. The Labute approximate surface area is 79.4 Å². The largest absolute Gasteiger partial charge is 0.309 e. The van der Waals surface area contributed by atoms with Crippen molar-refractivity contribution in [1.82, 2.24) is 9.62 Å². The second-order valence-electron chi connectivity index (χ2n) is 4.16. The van der Waals surface area contributed by atoms with Gasteiger partial charge < -0.3 is 5.32 Å². The topological polar surface area (TPSA) is 49.4 Å². The molecule has 0 radical (unpaired) electrons. The Morgan fingerprint density at radius 2 is 2.08 bits per heavy atom. The van der Waals surface area contributed by atoms with E-state index in [9.17, 15) is 8.42 Å². The first-order valence-corrected chi connectivity index (χ1v) is 6.57. The van der Waals surface area contributed by atoms with Crippen LogP contribution in [0.3, 0.4) is 0 Å². The second kappa shape index (κ2) is 2.93. The van der Waals surface area contributed by atoms with Gasteiger partial charge in [-0.1, -0.05) is 0 Å². The molecule has 2 rings (SSSR count). The molecule has 0 amide bonds. The Balaban J connectivity index is 2.08. The van der Waals surface area contributed by atoms with E-state index in [-0.39, 0.29) is 5.54 Å². The van der Waals surface area contributed by atoms with Crippen LogP contribution in [-0.4, -0.2) is 44.2 Å². The van der Waals surface area contributed by atoms with Crippen molar-refractivity contribution in [2.75, 3.05) is 25.9 Å². The first-order valence-electron chi connectivity index (χ1n) is 4.72. The standard InChI is InChI=1S/C8H16N2O2S/c1-13(11,12)10-6-5-9-8(7-10)3-2-4-8/h9H,2-7H2,1H3. The highest BCUT2D eigenvalue weighted by atomic mass is 32.2. The van der Waals surface area contributed by atoms with Crippen LogP contribution < -0.4 is 5.32 Å². The molecular weight excluding hydrogens is 188 g/mol. The first-order chi connectivity index (χ1) is 6.02. The van der Waals surface area contributed by atoms with Gasteiger partial charge in [-0.15, -0.1) is 0 Å². The van der Waals surface area contributed by atoms with E-state index in [0.29, 0.717) is 13.1 Å². The van der Waals surface area contributed by atoms with Gasteiger partial charge >= 0.3 is 0 Å². The molecule has 0 aromatic rings. The summed E-state index contributed by atoms with van der Waals surface area (Å²) in [6.07, 6.45) is 4.77. The van der Waals surface area contributed by atoms with Crippen molar-refractivity contribution in [3.05, 3.63) is 0 Å². The van der Waals surface area contributed by atoms with Crippen LogP contribution >= 0.6 is 0 Å². The van der Waals surface area contributed by atoms with Crippen molar-refractivity contribution in [3.8, 4) is 0 Å². The van der Waals surface area contributed by atoms with Gasteiger partial charge in [-0.05, 0) is 19.3 Å². The average molecular weight is 204 g/mol. The minimum atomic E-state index is -2.98. The number of sulfonamides is 1. The van der Waals surface area contributed by atoms with Crippen molar-refractivity contribution in [3.63, 3.8) is 0 Å². The molecule has 1 N–H and O–H groups in total. The average Bonchev–Trinajstić information content (AvgIpc) is 2.00. The summed E-state index contributed by atoms with van der Waals surface area (Å²) in [5.41, 5.74) is 0.126. The normalized spacial score (nSPS) is 28.7. The molecule has 2 aliphatic rings. The minimum Gasteiger partial charge on any atom is -0.309 e. The Kier molecular flexibility index (Phi) is 2.13. The number of piperazine rings is 1. The van der Waals surface area contributed by atoms with Gasteiger partial charge in [0, 0.05) is 25.2 Å². The van der Waals surface area contributed by atoms with Crippen LogP contribution in [-0.2, 0) is 10.0 Å². The van der Waals surface area contributed by atoms with E-state index >= 15 is 0 Å². The minimum absolute atomic E-state index is 0.126. The van der Waals surface area contributed by atoms with Crippen LogP contribution in [0, 0.1) is 0 Å². The van der Waals surface area contributed by atoms with Gasteiger partial charge in [-0.2, -0.15) is 4.31 Å². The molecule has 0 aromatic heterocycles. The lowest BCUT2D eigenvalue weighted by Gasteiger charge is -2.48. The molecule has 0 atom stereocenters. The Morgan fingerprint density at radius 3 is 2.54 bits per heavy atom. The maximum absolute atomic E-state index is 11.3. The first kappa shape index (κ1) is 9.43. The number of nitrogens with one attached hydrogen (secondary N) is 1. The van der Waals surface area contributed by atoms with Crippen LogP contribution in [0.25, 0.3) is 0 Å². The van der Waals surface area contributed by atoms with Gasteiger partial charge in [0.2, 0.25) is 10.0 Å². The van der Waals surface area contributed by atoms with Crippen LogP contribution in [0.1, 0.15) is 19.3 Å². The Hall–Kier alpha value is -0.130. The zero-order valence-corrected chi connectivity index (χ0v) is 8.73. The summed E-state index contributed by atoms with van der Waals surface area (Å²) < 4.78 is 24.2. The smallest absolute Gasteiger partial charge is 0.211 e. The number of hydrogen-bond donors (Lipinski definition) is 1. The summed E-state index contributed by atoms with van der Waals surface area (Å²) in [7, 11) is -2.98.